The number of nitrogens with zero attached hydrogens (tertiary/aromatic N) is 2. The smallest absolute Gasteiger partial charge is 0.309 e. The molecule has 17 heavy (non-hydrogen) atoms. The summed E-state index contributed by atoms with van der Waals surface area (Å²) in [5.74, 6) is -1.24. The molecule has 1 N–H and O–H groups in total. The number of aromatic nitrogens is 1. The zero-order chi connectivity index (χ0) is 13.2. The van der Waals surface area contributed by atoms with E-state index in [4.69, 9.17) is 5.11 Å². The molecular weight excluding hydrogens is 238 g/mol. The highest BCUT2D eigenvalue weighted by Gasteiger charge is 2.27. The number of hydrogen-bond acceptors (Lipinski definition) is 4. The fourth-order valence-electron chi connectivity index (χ4n) is 1.40. The van der Waals surface area contributed by atoms with Crippen molar-refractivity contribution in [3.8, 4) is 0 Å². The van der Waals surface area contributed by atoms with E-state index in [1.54, 1.807) is 0 Å². The zero-order valence-electron chi connectivity index (χ0n) is 8.68. The van der Waals surface area contributed by atoms with Crippen LogP contribution in [-0.2, 0) is 11.2 Å². The Hall–Kier alpha value is -2.12. The number of carbonyl (C=O) groups is 1. The van der Waals surface area contributed by atoms with E-state index in [2.05, 4.69) is 4.98 Å². The summed E-state index contributed by atoms with van der Waals surface area (Å²) in [5.41, 5.74) is -1.92. The van der Waals surface area contributed by atoms with Gasteiger partial charge in [0.1, 0.15) is 0 Å². The minimum absolute atomic E-state index is 0.0310. The summed E-state index contributed by atoms with van der Waals surface area (Å²) < 4.78 is 25.1. The number of carboxylic acids is 1. The van der Waals surface area contributed by atoms with E-state index in [1.807, 2.05) is 0 Å². The molecule has 1 heterocycles. The Morgan fingerprint density at radius 3 is 2.65 bits per heavy atom. The zero-order valence-corrected chi connectivity index (χ0v) is 8.68. The molecule has 0 spiro atoms. The summed E-state index contributed by atoms with van der Waals surface area (Å²) in [5, 5.41) is 19.1. The van der Waals surface area contributed by atoms with Gasteiger partial charge >= 0.3 is 5.97 Å². The topological polar surface area (TPSA) is 93.3 Å². The van der Waals surface area contributed by atoms with Crippen molar-refractivity contribution in [3.63, 3.8) is 0 Å². The van der Waals surface area contributed by atoms with Crippen LogP contribution in [0.2, 0.25) is 0 Å². The first-order valence-electron chi connectivity index (χ1n) is 4.47. The molecule has 0 radical (unpaired) electrons. The van der Waals surface area contributed by atoms with Crippen LogP contribution in [0.15, 0.2) is 6.07 Å². The average Bonchev–Trinajstić information content (AvgIpc) is 2.14. The second kappa shape index (κ2) is 4.81. The summed E-state index contributed by atoms with van der Waals surface area (Å²) in [4.78, 5) is 23.4. The van der Waals surface area contributed by atoms with Crippen LogP contribution in [-0.4, -0.2) is 21.0 Å². The van der Waals surface area contributed by atoms with Crippen LogP contribution in [0.4, 0.5) is 14.5 Å². The number of aryl methyl sites for hydroxylation is 1. The van der Waals surface area contributed by atoms with Crippen molar-refractivity contribution in [1.82, 2.24) is 4.98 Å². The number of nitro groups is 1. The van der Waals surface area contributed by atoms with E-state index in [9.17, 15) is 23.7 Å². The third-order valence-corrected chi connectivity index (χ3v) is 1.98. The third-order valence-electron chi connectivity index (χ3n) is 1.98. The molecule has 0 fully saturated rings. The van der Waals surface area contributed by atoms with Gasteiger partial charge in [0.15, 0.2) is 5.69 Å². The molecule has 0 unspecified atom stereocenters. The van der Waals surface area contributed by atoms with Crippen LogP contribution in [0.3, 0.4) is 0 Å². The molecule has 92 valence electrons. The van der Waals surface area contributed by atoms with E-state index in [1.165, 1.54) is 6.92 Å². The number of carboxylic acid groups (broad SMARTS) is 1. The second-order valence-corrected chi connectivity index (χ2v) is 3.29. The first kappa shape index (κ1) is 12.9. The largest absolute Gasteiger partial charge is 0.481 e. The highest BCUT2D eigenvalue weighted by atomic mass is 19.3. The van der Waals surface area contributed by atoms with Crippen molar-refractivity contribution < 1.29 is 23.6 Å². The summed E-state index contributed by atoms with van der Waals surface area (Å²) >= 11 is 0. The molecule has 1 aromatic rings. The van der Waals surface area contributed by atoms with Crippen molar-refractivity contribution in [1.29, 1.82) is 0 Å². The quantitative estimate of drug-likeness (QED) is 0.646. The van der Waals surface area contributed by atoms with Crippen LogP contribution in [0.25, 0.3) is 0 Å². The Kier molecular flexibility index (Phi) is 3.66. The van der Waals surface area contributed by atoms with Crippen LogP contribution >= 0.6 is 0 Å². The molecule has 0 atom stereocenters. The van der Waals surface area contributed by atoms with Gasteiger partial charge in [-0.25, -0.2) is 13.8 Å². The lowest BCUT2D eigenvalue weighted by Crippen LogP contribution is -2.08. The molecule has 1 aromatic heterocycles. The molecule has 6 nitrogen and oxygen atoms in total. The van der Waals surface area contributed by atoms with E-state index in [-0.39, 0.29) is 11.3 Å². The molecular formula is C9H8F2N2O4. The lowest BCUT2D eigenvalue weighted by Gasteiger charge is -2.06. The van der Waals surface area contributed by atoms with Crippen molar-refractivity contribution in [2.24, 2.45) is 0 Å². The molecule has 0 aliphatic rings. The molecule has 0 aliphatic carbocycles. The van der Waals surface area contributed by atoms with E-state index < -0.39 is 35.1 Å². The summed E-state index contributed by atoms with van der Waals surface area (Å²) in [6.45, 7) is 1.26. The van der Waals surface area contributed by atoms with Gasteiger partial charge in [-0.1, -0.05) is 0 Å². The van der Waals surface area contributed by atoms with Gasteiger partial charge in [-0.3, -0.25) is 14.9 Å². The minimum atomic E-state index is -3.12. The van der Waals surface area contributed by atoms with Gasteiger partial charge in [0.2, 0.25) is 0 Å². The second-order valence-electron chi connectivity index (χ2n) is 3.29. The highest BCUT2D eigenvalue weighted by Crippen LogP contribution is 2.30. The first-order valence-corrected chi connectivity index (χ1v) is 4.47. The molecule has 0 amide bonds. The van der Waals surface area contributed by atoms with Gasteiger partial charge in [0.25, 0.3) is 12.1 Å². The number of halogens is 2. The standard InChI is InChI=1S/C9H8F2N2O4/c1-4-2-5(3-6(14)15)12-7(9(10)11)8(4)13(16)17/h2,9H,3H2,1H3,(H,14,15). The molecule has 0 aliphatic heterocycles. The number of alkyl halides is 2. The highest BCUT2D eigenvalue weighted by molar-refractivity contribution is 5.69. The molecule has 0 saturated carbocycles. The Morgan fingerprint density at radius 2 is 2.24 bits per heavy atom. The van der Waals surface area contributed by atoms with Crippen molar-refractivity contribution in [3.05, 3.63) is 33.1 Å². The Balaban J connectivity index is 3.35. The molecule has 0 saturated heterocycles. The Labute approximate surface area is 94.1 Å². The van der Waals surface area contributed by atoms with Gasteiger partial charge in [-0.15, -0.1) is 0 Å². The fourth-order valence-corrected chi connectivity index (χ4v) is 1.40. The molecule has 0 aromatic carbocycles. The van der Waals surface area contributed by atoms with Crippen molar-refractivity contribution >= 4 is 11.7 Å². The SMILES string of the molecule is Cc1cc(CC(=O)O)nc(C(F)F)c1[N+](=O)[O-]. The number of hydrogen-bond donors (Lipinski definition) is 1. The van der Waals surface area contributed by atoms with E-state index in [0.29, 0.717) is 0 Å². The van der Waals surface area contributed by atoms with Gasteiger partial charge in [-0.2, -0.15) is 0 Å². The molecule has 1 rings (SSSR count). The monoisotopic (exact) mass is 246 g/mol. The van der Waals surface area contributed by atoms with Crippen molar-refractivity contribution in [2.75, 3.05) is 0 Å². The molecule has 8 heteroatoms. The van der Waals surface area contributed by atoms with E-state index in [0.717, 1.165) is 6.07 Å². The van der Waals surface area contributed by atoms with Gasteiger partial charge in [0.05, 0.1) is 17.0 Å². The minimum Gasteiger partial charge on any atom is -0.481 e. The Morgan fingerprint density at radius 1 is 1.65 bits per heavy atom. The predicted octanol–water partition coefficient (Wildman–Crippen LogP) is 1.86. The molecule has 0 bridgehead atoms. The number of aliphatic carboxylic acids is 1. The average molecular weight is 246 g/mol. The van der Waals surface area contributed by atoms with Gasteiger partial charge in [0, 0.05) is 5.56 Å². The fraction of sp³-hybridized carbons (Fsp3) is 0.333. The van der Waals surface area contributed by atoms with E-state index >= 15 is 0 Å². The lowest BCUT2D eigenvalue weighted by atomic mass is 10.1. The van der Waals surface area contributed by atoms with Crippen LogP contribution in [0, 0.1) is 17.0 Å². The lowest BCUT2D eigenvalue weighted by molar-refractivity contribution is -0.387. The summed E-state index contributed by atoms with van der Waals surface area (Å²) in [7, 11) is 0. The maximum Gasteiger partial charge on any atom is 0.309 e. The number of rotatable bonds is 4. The van der Waals surface area contributed by atoms with Crippen LogP contribution in [0.1, 0.15) is 23.4 Å². The first-order chi connectivity index (χ1) is 7.82. The predicted molar refractivity (Wildman–Crippen MR) is 51.9 cm³/mol. The van der Waals surface area contributed by atoms with Gasteiger partial charge < -0.3 is 5.11 Å². The number of pyridine rings is 1. The maximum atomic E-state index is 12.6. The van der Waals surface area contributed by atoms with Crippen LogP contribution in [0.5, 0.6) is 0 Å². The Bertz CT molecular complexity index is 476. The van der Waals surface area contributed by atoms with Gasteiger partial charge in [-0.05, 0) is 13.0 Å². The van der Waals surface area contributed by atoms with Crippen molar-refractivity contribution in [2.45, 2.75) is 19.8 Å². The maximum absolute atomic E-state index is 12.6. The summed E-state index contributed by atoms with van der Waals surface area (Å²) in [6.07, 6.45) is -3.68. The third kappa shape index (κ3) is 2.92. The summed E-state index contributed by atoms with van der Waals surface area (Å²) in [6, 6.07) is 1.12. The normalized spacial score (nSPS) is 10.6. The van der Waals surface area contributed by atoms with Crippen LogP contribution < -0.4 is 0 Å².